The number of rotatable bonds is 5. The summed E-state index contributed by atoms with van der Waals surface area (Å²) < 4.78 is 26.7. The van der Waals surface area contributed by atoms with E-state index >= 15 is 0 Å². The summed E-state index contributed by atoms with van der Waals surface area (Å²) in [5.41, 5.74) is -3.55. The number of nitrogens with one attached hydrogen (secondary N) is 1. The van der Waals surface area contributed by atoms with E-state index < -0.39 is 45.2 Å². The molecule has 1 unspecified atom stereocenters. The molecule has 0 aliphatic heterocycles. The van der Waals surface area contributed by atoms with Crippen LogP contribution >= 0.6 is 0 Å². The number of carbonyl (C=O) groups is 2. The van der Waals surface area contributed by atoms with Crippen LogP contribution in [0.2, 0.25) is 0 Å². The van der Waals surface area contributed by atoms with Crippen LogP contribution in [-0.4, -0.2) is 27.4 Å². The summed E-state index contributed by atoms with van der Waals surface area (Å²) in [4.78, 5) is 32.4. The first kappa shape index (κ1) is 16.5. The molecule has 1 amide bonds. The third-order valence-electron chi connectivity index (χ3n) is 3.05. The Morgan fingerprint density at radius 3 is 2.38 bits per heavy atom. The second-order valence-electron chi connectivity index (χ2n) is 4.49. The number of hydrogen-bond donors (Lipinski definition) is 2. The Morgan fingerprint density at radius 2 is 1.95 bits per heavy atom. The number of carboxylic acids is 1. The molecule has 0 aromatic heterocycles. The molecule has 0 saturated heterocycles. The lowest BCUT2D eigenvalue weighted by molar-refractivity contribution is -0.387. The van der Waals surface area contributed by atoms with Crippen LogP contribution in [-0.2, 0) is 4.79 Å². The molecule has 0 aliphatic rings. The monoisotopic (exact) mass is 302 g/mol. The highest BCUT2D eigenvalue weighted by Gasteiger charge is 2.34. The number of carboxylic acid groups (broad SMARTS) is 1. The lowest BCUT2D eigenvalue weighted by Crippen LogP contribution is -2.51. The molecule has 2 N–H and O–H groups in total. The first-order valence-electron chi connectivity index (χ1n) is 5.81. The molecule has 0 spiro atoms. The Bertz CT molecular complexity index is 620. The lowest BCUT2D eigenvalue weighted by Gasteiger charge is -2.24. The predicted molar refractivity (Wildman–Crippen MR) is 66.8 cm³/mol. The Labute approximate surface area is 117 Å². The van der Waals surface area contributed by atoms with Crippen LogP contribution in [0.15, 0.2) is 12.1 Å². The number of nitrogens with zero attached hydrogens (tertiary/aromatic N) is 1. The van der Waals surface area contributed by atoms with Crippen molar-refractivity contribution in [3.63, 3.8) is 0 Å². The molecule has 9 heteroatoms. The van der Waals surface area contributed by atoms with E-state index in [4.69, 9.17) is 5.11 Å². The maximum atomic E-state index is 13.6. The third-order valence-corrected chi connectivity index (χ3v) is 3.05. The van der Waals surface area contributed by atoms with Gasteiger partial charge in [0.05, 0.1) is 10.5 Å². The minimum atomic E-state index is -1.67. The van der Waals surface area contributed by atoms with Crippen molar-refractivity contribution in [3.8, 4) is 0 Å². The molecule has 1 aromatic carbocycles. The van der Waals surface area contributed by atoms with Gasteiger partial charge in [0, 0.05) is 12.1 Å². The van der Waals surface area contributed by atoms with Crippen LogP contribution in [0.25, 0.3) is 0 Å². The summed E-state index contributed by atoms with van der Waals surface area (Å²) in [6.45, 7) is 2.68. The van der Waals surface area contributed by atoms with Crippen molar-refractivity contribution in [3.05, 3.63) is 39.4 Å². The molecule has 0 aliphatic carbocycles. The smallest absolute Gasteiger partial charge is 0.329 e. The first-order valence-corrected chi connectivity index (χ1v) is 5.81. The fourth-order valence-electron chi connectivity index (χ4n) is 1.46. The average molecular weight is 302 g/mol. The highest BCUT2D eigenvalue weighted by Crippen LogP contribution is 2.22. The molecule has 1 aromatic rings. The van der Waals surface area contributed by atoms with E-state index in [9.17, 15) is 28.5 Å². The van der Waals surface area contributed by atoms with Crippen LogP contribution in [0.5, 0.6) is 0 Å². The number of halogens is 2. The van der Waals surface area contributed by atoms with E-state index in [1.54, 1.807) is 0 Å². The average Bonchev–Trinajstić information content (AvgIpc) is 2.37. The van der Waals surface area contributed by atoms with Gasteiger partial charge in [-0.2, -0.15) is 4.39 Å². The van der Waals surface area contributed by atoms with Gasteiger partial charge in [0.25, 0.3) is 5.91 Å². The van der Waals surface area contributed by atoms with Gasteiger partial charge in [-0.25, -0.2) is 9.18 Å². The largest absolute Gasteiger partial charge is 0.480 e. The fraction of sp³-hybridized carbons (Fsp3) is 0.333. The molecule has 0 heterocycles. The van der Waals surface area contributed by atoms with E-state index in [1.807, 2.05) is 0 Å². The molecule has 21 heavy (non-hydrogen) atoms. The number of benzene rings is 1. The molecular formula is C12H12F2N2O5. The van der Waals surface area contributed by atoms with Gasteiger partial charge in [0.15, 0.2) is 0 Å². The van der Waals surface area contributed by atoms with E-state index in [2.05, 4.69) is 5.32 Å². The van der Waals surface area contributed by atoms with Crippen molar-refractivity contribution < 1.29 is 28.4 Å². The maximum Gasteiger partial charge on any atom is 0.329 e. The standard InChI is InChI=1S/C12H12F2N2O5/c1-3-12(2,11(18)19)15-10(17)6-4-9(16(20)21)8(14)5-7(6)13/h4-5H,3H2,1-2H3,(H,15,17)(H,18,19). The van der Waals surface area contributed by atoms with Gasteiger partial charge in [-0.15, -0.1) is 0 Å². The summed E-state index contributed by atoms with van der Waals surface area (Å²) in [5.74, 6) is -5.28. The van der Waals surface area contributed by atoms with Gasteiger partial charge in [0.1, 0.15) is 11.4 Å². The molecule has 7 nitrogen and oxygen atoms in total. The van der Waals surface area contributed by atoms with Crippen molar-refractivity contribution in [2.24, 2.45) is 0 Å². The zero-order valence-electron chi connectivity index (χ0n) is 11.1. The number of aliphatic carboxylic acids is 1. The molecule has 0 radical (unpaired) electrons. The van der Waals surface area contributed by atoms with E-state index in [0.29, 0.717) is 6.07 Å². The molecule has 0 bridgehead atoms. The highest BCUT2D eigenvalue weighted by atomic mass is 19.1. The number of nitro benzene ring substituents is 1. The topological polar surface area (TPSA) is 110 Å². The summed E-state index contributed by atoms with van der Waals surface area (Å²) in [5, 5.41) is 21.6. The molecule has 1 atom stereocenters. The van der Waals surface area contributed by atoms with Gasteiger partial charge in [-0.1, -0.05) is 6.92 Å². The van der Waals surface area contributed by atoms with E-state index in [1.165, 1.54) is 13.8 Å². The molecule has 1 rings (SSSR count). The molecule has 0 saturated carbocycles. The Balaban J connectivity index is 3.22. The second-order valence-corrected chi connectivity index (χ2v) is 4.49. The number of amides is 1. The maximum absolute atomic E-state index is 13.6. The van der Waals surface area contributed by atoms with Crippen molar-refractivity contribution >= 4 is 17.6 Å². The number of carbonyl (C=O) groups excluding carboxylic acids is 1. The lowest BCUT2D eigenvalue weighted by atomic mass is 9.98. The SMILES string of the molecule is CCC(C)(NC(=O)c1cc([N+](=O)[O-])c(F)cc1F)C(=O)O. The van der Waals surface area contributed by atoms with Crippen LogP contribution in [0.3, 0.4) is 0 Å². The Hall–Kier alpha value is -2.58. The van der Waals surface area contributed by atoms with Crippen LogP contribution in [0, 0.1) is 21.7 Å². The predicted octanol–water partition coefficient (Wildman–Crippen LogP) is 1.86. The first-order chi connectivity index (χ1) is 9.62. The third kappa shape index (κ3) is 3.30. The van der Waals surface area contributed by atoms with Gasteiger partial charge >= 0.3 is 11.7 Å². The van der Waals surface area contributed by atoms with Crippen LogP contribution in [0.1, 0.15) is 30.6 Å². The fourth-order valence-corrected chi connectivity index (χ4v) is 1.46. The van der Waals surface area contributed by atoms with Crippen molar-refractivity contribution in [1.29, 1.82) is 0 Å². The zero-order chi connectivity index (χ0) is 16.4. The summed E-state index contributed by atoms with van der Waals surface area (Å²) in [6.07, 6.45) is -0.00101. The van der Waals surface area contributed by atoms with Gasteiger partial charge < -0.3 is 10.4 Å². The number of hydrogen-bond acceptors (Lipinski definition) is 4. The minimum absolute atomic E-state index is 0.00101. The number of nitro groups is 1. The molecule has 0 fully saturated rings. The quantitative estimate of drug-likeness (QED) is 0.637. The van der Waals surface area contributed by atoms with Crippen LogP contribution < -0.4 is 5.32 Å². The van der Waals surface area contributed by atoms with Gasteiger partial charge in [0.2, 0.25) is 5.82 Å². The van der Waals surface area contributed by atoms with Crippen molar-refractivity contribution in [1.82, 2.24) is 5.32 Å². The van der Waals surface area contributed by atoms with Gasteiger partial charge in [-0.3, -0.25) is 14.9 Å². The summed E-state index contributed by atoms with van der Waals surface area (Å²) in [6, 6.07) is 0.634. The molecule has 114 valence electrons. The Morgan fingerprint density at radius 1 is 1.38 bits per heavy atom. The van der Waals surface area contributed by atoms with Crippen LogP contribution in [0.4, 0.5) is 14.5 Å². The van der Waals surface area contributed by atoms with Gasteiger partial charge in [-0.05, 0) is 13.3 Å². The summed E-state index contributed by atoms with van der Waals surface area (Å²) >= 11 is 0. The van der Waals surface area contributed by atoms with E-state index in [0.717, 1.165) is 0 Å². The van der Waals surface area contributed by atoms with Crippen molar-refractivity contribution in [2.45, 2.75) is 25.8 Å². The highest BCUT2D eigenvalue weighted by molar-refractivity contribution is 5.98. The van der Waals surface area contributed by atoms with Crippen molar-refractivity contribution in [2.75, 3.05) is 0 Å². The zero-order valence-corrected chi connectivity index (χ0v) is 11.1. The Kier molecular flexibility index (Phi) is 4.56. The molecular weight excluding hydrogens is 290 g/mol. The minimum Gasteiger partial charge on any atom is -0.480 e. The summed E-state index contributed by atoms with van der Waals surface area (Å²) in [7, 11) is 0. The second kappa shape index (κ2) is 5.81. The normalized spacial score (nSPS) is 13.3. The van der Waals surface area contributed by atoms with E-state index in [-0.39, 0.29) is 12.5 Å².